The fourth-order valence-corrected chi connectivity index (χ4v) is 6.34. The van der Waals surface area contributed by atoms with E-state index in [2.05, 4.69) is 86.8 Å². The summed E-state index contributed by atoms with van der Waals surface area (Å²) in [5, 5.41) is 18.4. The van der Waals surface area contributed by atoms with Crippen LogP contribution in [0, 0.1) is 0 Å². The number of ether oxygens (including phenoxy) is 2. The topological polar surface area (TPSA) is 132 Å². The standard InChI is InChI=1S/C46H81O9P/c1-3-5-7-9-11-13-15-17-19-20-21-22-23-25-27-29-31-33-35-37-39-52-42-45(43-54-56(50,51)53-41-44(48)40-47)55-46(49)38-36-34-32-30-28-26-24-18-16-14-12-10-8-6-4-2/h5,7,11-14,17-19,21-22,24,44-45,47-48H,3-4,6,8-10,15-16,20,23,25-43H2,1-2H3,(H,50,51)/b7-5-,13-11-,14-12-,19-17-,22-21-,24-18-. The Bertz CT molecular complexity index is 1100. The molecular formula is C46H81O9P. The molecular weight excluding hydrogens is 727 g/mol. The number of rotatable bonds is 41. The molecule has 0 spiro atoms. The third-order valence-corrected chi connectivity index (χ3v) is 9.83. The molecule has 0 saturated carbocycles. The number of carbonyl (C=O) groups excluding carboxylic acids is 1. The molecule has 0 rings (SSSR count). The minimum absolute atomic E-state index is 0.0322. The number of hydrogen-bond acceptors (Lipinski definition) is 8. The average Bonchev–Trinajstić information content (AvgIpc) is 3.19. The minimum atomic E-state index is -4.53. The van der Waals surface area contributed by atoms with Gasteiger partial charge in [-0.15, -0.1) is 0 Å². The van der Waals surface area contributed by atoms with Gasteiger partial charge in [-0.25, -0.2) is 4.57 Å². The molecule has 3 atom stereocenters. The molecule has 0 saturated heterocycles. The van der Waals surface area contributed by atoms with Crippen LogP contribution in [0.4, 0.5) is 0 Å². The molecule has 0 heterocycles. The Morgan fingerprint density at radius 2 is 1.02 bits per heavy atom. The van der Waals surface area contributed by atoms with Crippen LogP contribution < -0.4 is 0 Å². The van der Waals surface area contributed by atoms with Crippen LogP contribution in [0.3, 0.4) is 0 Å². The lowest BCUT2D eigenvalue weighted by Crippen LogP contribution is -2.29. The molecule has 0 aliphatic carbocycles. The van der Waals surface area contributed by atoms with E-state index in [-0.39, 0.29) is 13.0 Å². The van der Waals surface area contributed by atoms with Gasteiger partial charge >= 0.3 is 13.8 Å². The summed E-state index contributed by atoms with van der Waals surface area (Å²) >= 11 is 0. The quantitative estimate of drug-likeness (QED) is 0.0239. The van der Waals surface area contributed by atoms with E-state index < -0.39 is 45.8 Å². The number of carbonyl (C=O) groups is 1. The maximum absolute atomic E-state index is 12.6. The monoisotopic (exact) mass is 809 g/mol. The van der Waals surface area contributed by atoms with E-state index in [0.717, 1.165) is 89.9 Å². The Kier molecular flexibility index (Phi) is 40.9. The van der Waals surface area contributed by atoms with Gasteiger partial charge in [0.15, 0.2) is 0 Å². The molecule has 324 valence electrons. The molecule has 0 aromatic carbocycles. The Labute approximate surface area is 342 Å². The Morgan fingerprint density at radius 3 is 1.54 bits per heavy atom. The van der Waals surface area contributed by atoms with Crippen LogP contribution in [-0.4, -0.2) is 66.3 Å². The zero-order valence-corrected chi connectivity index (χ0v) is 36.2. The van der Waals surface area contributed by atoms with Crippen molar-refractivity contribution in [2.24, 2.45) is 0 Å². The maximum Gasteiger partial charge on any atom is 0.472 e. The lowest BCUT2D eigenvalue weighted by atomic mass is 10.1. The average molecular weight is 809 g/mol. The van der Waals surface area contributed by atoms with Gasteiger partial charge in [0.05, 0.1) is 26.4 Å². The highest BCUT2D eigenvalue weighted by atomic mass is 31.2. The fourth-order valence-electron chi connectivity index (χ4n) is 5.55. The summed E-state index contributed by atoms with van der Waals surface area (Å²) in [6.07, 6.45) is 50.0. The van der Waals surface area contributed by atoms with Crippen molar-refractivity contribution in [3.8, 4) is 0 Å². The van der Waals surface area contributed by atoms with Crippen molar-refractivity contribution in [3.63, 3.8) is 0 Å². The van der Waals surface area contributed by atoms with Crippen LogP contribution in [0.1, 0.15) is 168 Å². The minimum Gasteiger partial charge on any atom is -0.457 e. The van der Waals surface area contributed by atoms with Gasteiger partial charge in [0.1, 0.15) is 12.2 Å². The summed E-state index contributed by atoms with van der Waals surface area (Å²) < 4.78 is 33.4. The largest absolute Gasteiger partial charge is 0.472 e. The Hall–Kier alpha value is -2.10. The third-order valence-electron chi connectivity index (χ3n) is 8.88. The second-order valence-electron chi connectivity index (χ2n) is 14.3. The first kappa shape index (κ1) is 53.9. The van der Waals surface area contributed by atoms with Crippen molar-refractivity contribution in [1.82, 2.24) is 0 Å². The number of aliphatic hydroxyl groups is 2. The molecule has 0 aliphatic rings. The van der Waals surface area contributed by atoms with Crippen LogP contribution in [0.2, 0.25) is 0 Å². The molecule has 0 amide bonds. The van der Waals surface area contributed by atoms with Gasteiger partial charge in [0, 0.05) is 13.0 Å². The third kappa shape index (κ3) is 41.5. The molecule has 0 aromatic heterocycles. The van der Waals surface area contributed by atoms with Crippen molar-refractivity contribution in [2.75, 3.05) is 33.0 Å². The van der Waals surface area contributed by atoms with E-state index in [0.29, 0.717) is 13.0 Å². The highest BCUT2D eigenvalue weighted by Gasteiger charge is 2.26. The summed E-state index contributed by atoms with van der Waals surface area (Å²) in [5.74, 6) is -0.403. The Morgan fingerprint density at radius 1 is 0.571 bits per heavy atom. The summed E-state index contributed by atoms with van der Waals surface area (Å²) in [6, 6.07) is 0. The highest BCUT2D eigenvalue weighted by molar-refractivity contribution is 7.47. The molecule has 0 aromatic rings. The van der Waals surface area contributed by atoms with Gasteiger partial charge < -0.3 is 24.6 Å². The molecule has 0 aliphatic heterocycles. The van der Waals surface area contributed by atoms with Gasteiger partial charge in [-0.05, 0) is 83.5 Å². The lowest BCUT2D eigenvalue weighted by Gasteiger charge is -2.20. The van der Waals surface area contributed by atoms with Crippen molar-refractivity contribution in [1.29, 1.82) is 0 Å². The Balaban J connectivity index is 4.21. The molecule has 3 N–H and O–H groups in total. The van der Waals surface area contributed by atoms with Gasteiger partial charge in [-0.3, -0.25) is 13.8 Å². The summed E-state index contributed by atoms with van der Waals surface area (Å²) in [7, 11) is -4.53. The lowest BCUT2D eigenvalue weighted by molar-refractivity contribution is -0.154. The van der Waals surface area contributed by atoms with E-state index in [4.69, 9.17) is 23.6 Å². The van der Waals surface area contributed by atoms with Gasteiger partial charge in [-0.1, -0.05) is 151 Å². The number of hydrogen-bond donors (Lipinski definition) is 3. The van der Waals surface area contributed by atoms with E-state index in [9.17, 15) is 19.4 Å². The van der Waals surface area contributed by atoms with E-state index in [1.54, 1.807) is 0 Å². The van der Waals surface area contributed by atoms with Gasteiger partial charge in [0.25, 0.3) is 0 Å². The number of aliphatic hydroxyl groups excluding tert-OH is 2. The van der Waals surface area contributed by atoms with Crippen molar-refractivity contribution >= 4 is 13.8 Å². The van der Waals surface area contributed by atoms with E-state index in [1.807, 2.05) is 0 Å². The molecule has 3 unspecified atom stereocenters. The molecule has 0 radical (unpaired) electrons. The zero-order valence-electron chi connectivity index (χ0n) is 35.3. The second kappa shape index (κ2) is 42.5. The van der Waals surface area contributed by atoms with E-state index in [1.165, 1.54) is 51.4 Å². The first-order valence-electron chi connectivity index (χ1n) is 21.9. The predicted octanol–water partition coefficient (Wildman–Crippen LogP) is 12.1. The second-order valence-corrected chi connectivity index (χ2v) is 15.8. The van der Waals surface area contributed by atoms with Gasteiger partial charge in [0.2, 0.25) is 0 Å². The highest BCUT2D eigenvalue weighted by Crippen LogP contribution is 2.43. The smallest absolute Gasteiger partial charge is 0.457 e. The summed E-state index contributed by atoms with van der Waals surface area (Å²) in [6.45, 7) is 3.32. The van der Waals surface area contributed by atoms with Crippen LogP contribution in [0.5, 0.6) is 0 Å². The number of unbranched alkanes of at least 4 members (excludes halogenated alkanes) is 15. The molecule has 56 heavy (non-hydrogen) atoms. The first-order chi connectivity index (χ1) is 27.3. The van der Waals surface area contributed by atoms with Crippen molar-refractivity contribution in [2.45, 2.75) is 180 Å². The van der Waals surface area contributed by atoms with Crippen LogP contribution in [0.15, 0.2) is 72.9 Å². The molecule has 10 heteroatoms. The SMILES string of the molecule is CC/C=C\C/C=C\C/C=C\C/C=C\CCCCCCCCCOCC(COP(=O)(O)OCC(O)CO)OC(=O)CCCCCCC/C=C\C/C=C\CCCCC. The van der Waals surface area contributed by atoms with Gasteiger partial charge in [-0.2, -0.15) is 0 Å². The fraction of sp³-hybridized carbons (Fsp3) is 0.717. The number of allylic oxidation sites excluding steroid dienone is 12. The van der Waals surface area contributed by atoms with Crippen molar-refractivity contribution in [3.05, 3.63) is 72.9 Å². The van der Waals surface area contributed by atoms with Crippen LogP contribution in [-0.2, 0) is 27.9 Å². The number of phosphoric acid groups is 1. The van der Waals surface area contributed by atoms with E-state index >= 15 is 0 Å². The number of esters is 1. The first-order valence-corrected chi connectivity index (χ1v) is 23.4. The maximum atomic E-state index is 12.6. The van der Waals surface area contributed by atoms with Crippen LogP contribution in [0.25, 0.3) is 0 Å². The number of phosphoric ester groups is 1. The molecule has 9 nitrogen and oxygen atoms in total. The normalized spacial score (nSPS) is 14.7. The molecule has 0 bridgehead atoms. The summed E-state index contributed by atoms with van der Waals surface area (Å²) in [4.78, 5) is 22.6. The van der Waals surface area contributed by atoms with Crippen molar-refractivity contribution < 1.29 is 43.0 Å². The zero-order chi connectivity index (χ0) is 41.1. The molecule has 0 fully saturated rings. The predicted molar refractivity (Wildman–Crippen MR) is 233 cm³/mol. The summed E-state index contributed by atoms with van der Waals surface area (Å²) in [5.41, 5.74) is 0. The van der Waals surface area contributed by atoms with Crippen LogP contribution >= 0.6 is 7.82 Å².